The molecule has 0 radical (unpaired) electrons. The highest BCUT2D eigenvalue weighted by Crippen LogP contribution is 2.23. The second kappa shape index (κ2) is 12.4. The average molecular weight is 527 g/mol. The molecule has 5 nitrogen and oxygen atoms in total. The van der Waals surface area contributed by atoms with E-state index in [-0.39, 0.29) is 11.8 Å². The van der Waals surface area contributed by atoms with Crippen molar-refractivity contribution in [2.75, 3.05) is 39.3 Å². The lowest BCUT2D eigenvalue weighted by Crippen LogP contribution is -2.49. The van der Waals surface area contributed by atoms with Crippen molar-refractivity contribution in [3.63, 3.8) is 0 Å². The number of hydrogen-bond acceptors (Lipinski definition) is 3. The Kier molecular flexibility index (Phi) is 9.65. The third-order valence-corrected chi connectivity index (χ3v) is 6.28. The van der Waals surface area contributed by atoms with Gasteiger partial charge in [-0.15, -0.1) is 0 Å². The van der Waals surface area contributed by atoms with Gasteiger partial charge in [-0.1, -0.05) is 58.5 Å². The molecule has 3 rings (SSSR count). The van der Waals surface area contributed by atoms with Gasteiger partial charge in [0.25, 0.3) is 0 Å². The van der Waals surface area contributed by atoms with Crippen LogP contribution in [0.5, 0.6) is 0 Å². The first-order valence-corrected chi connectivity index (χ1v) is 11.9. The number of piperazine rings is 1. The van der Waals surface area contributed by atoms with Crippen molar-refractivity contribution < 1.29 is 9.59 Å². The van der Waals surface area contributed by atoms with Gasteiger partial charge >= 0.3 is 0 Å². The van der Waals surface area contributed by atoms with E-state index in [1.54, 1.807) is 53.5 Å². The van der Waals surface area contributed by atoms with Gasteiger partial charge < -0.3 is 10.2 Å². The number of halogens is 4. The first-order valence-electron chi connectivity index (χ1n) is 10.4. The summed E-state index contributed by atoms with van der Waals surface area (Å²) < 4.78 is 0. The van der Waals surface area contributed by atoms with Gasteiger partial charge in [0.2, 0.25) is 11.8 Å². The molecule has 0 aromatic heterocycles. The molecule has 33 heavy (non-hydrogen) atoms. The summed E-state index contributed by atoms with van der Waals surface area (Å²) in [5, 5.41) is 4.96. The van der Waals surface area contributed by atoms with Crippen molar-refractivity contribution in [2.24, 2.45) is 0 Å². The van der Waals surface area contributed by atoms with Crippen LogP contribution in [0.25, 0.3) is 12.2 Å². The fourth-order valence-corrected chi connectivity index (χ4v) is 4.24. The summed E-state index contributed by atoms with van der Waals surface area (Å²) in [6.45, 7) is 3.96. The van der Waals surface area contributed by atoms with Gasteiger partial charge in [-0.05, 0) is 47.5 Å². The number of nitrogens with one attached hydrogen (secondary N) is 1. The molecule has 2 aromatic carbocycles. The number of amides is 2. The number of carbonyl (C=O) groups excluding carboxylic acids is 2. The molecule has 9 heteroatoms. The van der Waals surface area contributed by atoms with E-state index in [4.69, 9.17) is 46.4 Å². The van der Waals surface area contributed by atoms with E-state index in [0.29, 0.717) is 46.3 Å². The third-order valence-electron chi connectivity index (χ3n) is 5.16. The Balaban J connectivity index is 1.37. The Bertz CT molecular complexity index is 1060. The van der Waals surface area contributed by atoms with E-state index in [0.717, 1.165) is 24.2 Å². The Morgan fingerprint density at radius 2 is 1.36 bits per heavy atom. The van der Waals surface area contributed by atoms with Crippen LogP contribution in [0.3, 0.4) is 0 Å². The van der Waals surface area contributed by atoms with Crippen LogP contribution in [-0.4, -0.2) is 60.9 Å². The molecule has 1 heterocycles. The van der Waals surface area contributed by atoms with Crippen LogP contribution in [0.15, 0.2) is 48.6 Å². The van der Waals surface area contributed by atoms with E-state index in [2.05, 4.69) is 10.2 Å². The molecule has 1 aliphatic heterocycles. The fourth-order valence-electron chi connectivity index (χ4n) is 3.29. The van der Waals surface area contributed by atoms with E-state index in [9.17, 15) is 9.59 Å². The SMILES string of the molecule is O=C(/C=C/c1ccc(Cl)cc1Cl)NCCN1CCN(C(=O)/C=C/c2ccc(Cl)cc2Cl)CC1. The normalized spacial score (nSPS) is 14.8. The molecular weight excluding hydrogens is 504 g/mol. The minimum Gasteiger partial charge on any atom is -0.351 e. The summed E-state index contributed by atoms with van der Waals surface area (Å²) in [6.07, 6.45) is 6.34. The monoisotopic (exact) mass is 525 g/mol. The molecule has 0 spiro atoms. The average Bonchev–Trinajstić information content (AvgIpc) is 2.78. The first kappa shape index (κ1) is 25.6. The van der Waals surface area contributed by atoms with Gasteiger partial charge in [-0.2, -0.15) is 0 Å². The number of rotatable bonds is 7. The second-order valence-electron chi connectivity index (χ2n) is 7.46. The molecule has 1 fully saturated rings. The highest BCUT2D eigenvalue weighted by atomic mass is 35.5. The summed E-state index contributed by atoms with van der Waals surface area (Å²) >= 11 is 24.0. The summed E-state index contributed by atoms with van der Waals surface area (Å²) in [7, 11) is 0. The third kappa shape index (κ3) is 8.05. The van der Waals surface area contributed by atoms with E-state index < -0.39 is 0 Å². The number of benzene rings is 2. The van der Waals surface area contributed by atoms with E-state index in [1.165, 1.54) is 12.2 Å². The van der Waals surface area contributed by atoms with Crippen LogP contribution in [0.2, 0.25) is 20.1 Å². The van der Waals surface area contributed by atoms with Crippen LogP contribution in [0.4, 0.5) is 0 Å². The standard InChI is InChI=1S/C24H23Cl4N3O2/c25-19-5-1-17(21(27)15-19)3-7-23(32)29-9-10-30-11-13-31(14-12-30)24(33)8-4-18-2-6-20(26)16-22(18)28/h1-8,15-16H,9-14H2,(H,29,32)/b7-3+,8-4+. The molecular formula is C24H23Cl4N3O2. The lowest BCUT2D eigenvalue weighted by molar-refractivity contribution is -0.127. The molecule has 1 aliphatic rings. The Hall–Kier alpha value is -2.02. The fraction of sp³-hybridized carbons (Fsp3) is 0.250. The smallest absolute Gasteiger partial charge is 0.246 e. The summed E-state index contributed by atoms with van der Waals surface area (Å²) in [5.41, 5.74) is 1.47. The van der Waals surface area contributed by atoms with Crippen LogP contribution < -0.4 is 5.32 Å². The molecule has 174 valence electrons. The van der Waals surface area contributed by atoms with E-state index >= 15 is 0 Å². The maximum absolute atomic E-state index is 12.5. The number of nitrogens with zero attached hydrogens (tertiary/aromatic N) is 2. The molecule has 0 unspecified atom stereocenters. The summed E-state index contributed by atoms with van der Waals surface area (Å²) in [6, 6.07) is 10.3. The number of carbonyl (C=O) groups is 2. The van der Waals surface area contributed by atoms with Gasteiger partial charge in [-0.25, -0.2) is 0 Å². The largest absolute Gasteiger partial charge is 0.351 e. The maximum atomic E-state index is 12.5. The van der Waals surface area contributed by atoms with Crippen molar-refractivity contribution in [3.8, 4) is 0 Å². The topological polar surface area (TPSA) is 52.7 Å². The minimum absolute atomic E-state index is 0.0556. The maximum Gasteiger partial charge on any atom is 0.246 e. The van der Waals surface area contributed by atoms with Crippen molar-refractivity contribution in [1.29, 1.82) is 0 Å². The zero-order valence-electron chi connectivity index (χ0n) is 17.7. The zero-order valence-corrected chi connectivity index (χ0v) is 20.8. The molecule has 1 N–H and O–H groups in total. The molecule has 2 amide bonds. The molecule has 0 atom stereocenters. The zero-order chi connectivity index (χ0) is 23.8. The highest BCUT2D eigenvalue weighted by Gasteiger charge is 2.19. The predicted molar refractivity (Wildman–Crippen MR) is 137 cm³/mol. The molecule has 0 aliphatic carbocycles. The van der Waals surface area contributed by atoms with Crippen molar-refractivity contribution in [2.45, 2.75) is 0 Å². The molecule has 0 saturated carbocycles. The highest BCUT2D eigenvalue weighted by molar-refractivity contribution is 6.36. The van der Waals surface area contributed by atoms with Crippen LogP contribution in [0.1, 0.15) is 11.1 Å². The van der Waals surface area contributed by atoms with Crippen molar-refractivity contribution >= 4 is 70.4 Å². The van der Waals surface area contributed by atoms with Crippen LogP contribution in [-0.2, 0) is 9.59 Å². The van der Waals surface area contributed by atoms with Crippen molar-refractivity contribution in [3.05, 3.63) is 79.8 Å². The van der Waals surface area contributed by atoms with E-state index in [1.807, 2.05) is 0 Å². The number of hydrogen-bond donors (Lipinski definition) is 1. The van der Waals surface area contributed by atoms with Gasteiger partial charge in [0.05, 0.1) is 0 Å². The quantitative estimate of drug-likeness (QED) is 0.499. The van der Waals surface area contributed by atoms with Gasteiger partial charge in [0, 0.05) is 71.5 Å². The molecule has 0 bridgehead atoms. The van der Waals surface area contributed by atoms with Gasteiger partial charge in [-0.3, -0.25) is 14.5 Å². The predicted octanol–water partition coefficient (Wildman–Crippen LogP) is 5.29. The van der Waals surface area contributed by atoms with Crippen molar-refractivity contribution in [1.82, 2.24) is 15.1 Å². The Labute approximate surface area is 213 Å². The summed E-state index contributed by atoms with van der Waals surface area (Å²) in [4.78, 5) is 28.5. The van der Waals surface area contributed by atoms with Crippen LogP contribution >= 0.6 is 46.4 Å². The summed E-state index contributed by atoms with van der Waals surface area (Å²) in [5.74, 6) is -0.249. The molecule has 1 saturated heterocycles. The minimum atomic E-state index is -0.194. The van der Waals surface area contributed by atoms with Crippen LogP contribution in [0, 0.1) is 0 Å². The lowest BCUT2D eigenvalue weighted by atomic mass is 10.2. The first-order chi connectivity index (χ1) is 15.8. The van der Waals surface area contributed by atoms with Gasteiger partial charge in [0.1, 0.15) is 0 Å². The lowest BCUT2D eigenvalue weighted by Gasteiger charge is -2.34. The Morgan fingerprint density at radius 1 is 0.818 bits per heavy atom. The van der Waals surface area contributed by atoms with Gasteiger partial charge in [0.15, 0.2) is 0 Å². The Morgan fingerprint density at radius 3 is 1.91 bits per heavy atom. The molecule has 2 aromatic rings. The second-order valence-corrected chi connectivity index (χ2v) is 9.14.